The molecule has 2 N–H and O–H groups in total. The summed E-state index contributed by atoms with van der Waals surface area (Å²) in [5, 5.41) is 15.4. The van der Waals surface area contributed by atoms with Crippen molar-refractivity contribution in [2.24, 2.45) is 5.92 Å². The van der Waals surface area contributed by atoms with E-state index in [9.17, 15) is 14.7 Å². The van der Waals surface area contributed by atoms with E-state index in [4.69, 9.17) is 11.6 Å². The number of aryl methyl sites for hydroxylation is 1. The van der Waals surface area contributed by atoms with Crippen molar-refractivity contribution < 1.29 is 14.7 Å². The van der Waals surface area contributed by atoms with Crippen molar-refractivity contribution in [2.45, 2.75) is 45.7 Å². The van der Waals surface area contributed by atoms with Gasteiger partial charge < -0.3 is 15.0 Å². The topological polar surface area (TPSA) is 84.2 Å². The minimum atomic E-state index is -0.956. The summed E-state index contributed by atoms with van der Waals surface area (Å²) in [6.07, 6.45) is 3.35. The SMILES string of the molecule is CCCCc1nc(Cl)c(CNC(=O)C(CS)Cc2cccc3ccccc23)n1Cc1ccc(-c2ccccc2C(=O)O)cc1. The molecule has 1 heterocycles. The van der Waals surface area contributed by atoms with E-state index >= 15 is 0 Å². The van der Waals surface area contributed by atoms with E-state index in [1.165, 1.54) is 0 Å². The van der Waals surface area contributed by atoms with Gasteiger partial charge in [-0.05, 0) is 51.9 Å². The fourth-order valence-corrected chi connectivity index (χ4v) is 6.13. The Balaban J connectivity index is 1.34. The number of halogens is 1. The van der Waals surface area contributed by atoms with E-state index < -0.39 is 5.97 Å². The number of nitrogens with one attached hydrogen (secondary N) is 1. The van der Waals surface area contributed by atoms with Crippen LogP contribution in [0.5, 0.6) is 0 Å². The van der Waals surface area contributed by atoms with E-state index in [0.29, 0.717) is 29.4 Å². The van der Waals surface area contributed by atoms with E-state index in [1.54, 1.807) is 12.1 Å². The number of unbranched alkanes of at least 4 members (excludes halogenated alkanes) is 1. The summed E-state index contributed by atoms with van der Waals surface area (Å²) in [5.74, 6) is -0.0419. The fraction of sp³-hybridized carbons (Fsp3) is 0.250. The average molecular weight is 626 g/mol. The van der Waals surface area contributed by atoms with Gasteiger partial charge in [-0.3, -0.25) is 4.79 Å². The van der Waals surface area contributed by atoms with E-state index in [-0.39, 0.29) is 23.9 Å². The first-order valence-corrected chi connectivity index (χ1v) is 15.9. The molecule has 226 valence electrons. The molecule has 1 atom stereocenters. The highest BCUT2D eigenvalue weighted by Crippen LogP contribution is 2.27. The smallest absolute Gasteiger partial charge is 0.336 e. The van der Waals surface area contributed by atoms with Gasteiger partial charge in [0.15, 0.2) is 5.15 Å². The summed E-state index contributed by atoms with van der Waals surface area (Å²) in [7, 11) is 0. The Morgan fingerprint density at radius 1 is 0.977 bits per heavy atom. The van der Waals surface area contributed by atoms with Crippen LogP contribution in [0, 0.1) is 5.92 Å². The van der Waals surface area contributed by atoms with Crippen LogP contribution >= 0.6 is 24.2 Å². The summed E-state index contributed by atoms with van der Waals surface area (Å²) in [5.41, 5.74) is 4.67. The molecule has 44 heavy (non-hydrogen) atoms. The van der Waals surface area contributed by atoms with Crippen LogP contribution in [-0.4, -0.2) is 32.3 Å². The Labute approximate surface area is 268 Å². The molecule has 1 amide bonds. The van der Waals surface area contributed by atoms with Gasteiger partial charge in [0.25, 0.3) is 0 Å². The number of nitrogens with zero attached hydrogens (tertiary/aromatic N) is 2. The number of carbonyl (C=O) groups excluding carboxylic acids is 1. The number of carbonyl (C=O) groups is 2. The van der Waals surface area contributed by atoms with Crippen LogP contribution in [0.25, 0.3) is 21.9 Å². The molecule has 5 aromatic rings. The Kier molecular flexibility index (Phi) is 10.4. The van der Waals surface area contributed by atoms with E-state index in [0.717, 1.165) is 58.2 Å². The van der Waals surface area contributed by atoms with Gasteiger partial charge in [-0.15, -0.1) is 0 Å². The van der Waals surface area contributed by atoms with Gasteiger partial charge in [0.1, 0.15) is 5.82 Å². The molecule has 1 aromatic heterocycles. The minimum absolute atomic E-state index is 0.0756. The number of aromatic carboxylic acids is 1. The third-order valence-corrected chi connectivity index (χ3v) is 8.73. The van der Waals surface area contributed by atoms with Crippen molar-refractivity contribution in [3.05, 3.63) is 124 Å². The van der Waals surface area contributed by atoms with Gasteiger partial charge in [-0.2, -0.15) is 12.6 Å². The molecule has 0 saturated heterocycles. The summed E-state index contributed by atoms with van der Waals surface area (Å²) < 4.78 is 2.10. The lowest BCUT2D eigenvalue weighted by atomic mass is 9.95. The normalized spacial score (nSPS) is 11.9. The third-order valence-electron chi connectivity index (χ3n) is 7.99. The van der Waals surface area contributed by atoms with Gasteiger partial charge >= 0.3 is 5.97 Å². The van der Waals surface area contributed by atoms with Crippen molar-refractivity contribution in [2.75, 3.05) is 5.75 Å². The maximum Gasteiger partial charge on any atom is 0.336 e. The molecule has 6 nitrogen and oxygen atoms in total. The number of rotatable bonds is 13. The lowest BCUT2D eigenvalue weighted by molar-refractivity contribution is -0.124. The number of imidazole rings is 1. The molecular formula is C36H36ClN3O3S. The molecule has 4 aromatic carbocycles. The maximum atomic E-state index is 13.4. The van der Waals surface area contributed by atoms with Gasteiger partial charge in [0.2, 0.25) is 5.91 Å². The van der Waals surface area contributed by atoms with Crippen LogP contribution < -0.4 is 5.32 Å². The number of aromatic nitrogens is 2. The highest BCUT2D eigenvalue weighted by molar-refractivity contribution is 7.80. The lowest BCUT2D eigenvalue weighted by Crippen LogP contribution is -2.33. The standard InChI is InChI=1S/C36H36ClN3O3S/c1-2-3-15-33-39-34(37)32(21-38-35(41)28(23-44)20-27-11-8-10-25-9-4-5-12-29(25)27)40(33)22-24-16-18-26(19-17-24)30-13-6-7-14-31(30)36(42)43/h4-14,16-19,28,44H,2-3,15,20-23H2,1H3,(H,38,41)(H,42,43). The van der Waals surface area contributed by atoms with Crippen LogP contribution in [0.15, 0.2) is 91.0 Å². The van der Waals surface area contributed by atoms with Crippen LogP contribution in [0.1, 0.15) is 52.8 Å². The number of hydrogen-bond donors (Lipinski definition) is 3. The molecule has 0 aliphatic rings. The molecule has 0 saturated carbocycles. The van der Waals surface area contributed by atoms with Gasteiger partial charge in [0.05, 0.1) is 23.7 Å². The van der Waals surface area contributed by atoms with Gasteiger partial charge in [0, 0.05) is 18.7 Å². The first-order valence-electron chi connectivity index (χ1n) is 14.9. The van der Waals surface area contributed by atoms with E-state index in [2.05, 4.69) is 58.7 Å². The highest BCUT2D eigenvalue weighted by Gasteiger charge is 2.22. The summed E-state index contributed by atoms with van der Waals surface area (Å²) >= 11 is 11.2. The highest BCUT2D eigenvalue weighted by atomic mass is 35.5. The number of fused-ring (bicyclic) bond motifs is 1. The number of hydrogen-bond acceptors (Lipinski definition) is 4. The third kappa shape index (κ3) is 7.17. The van der Waals surface area contributed by atoms with Crippen LogP contribution in [-0.2, 0) is 30.7 Å². The predicted molar refractivity (Wildman–Crippen MR) is 181 cm³/mol. The average Bonchev–Trinajstić information content (AvgIpc) is 3.34. The lowest BCUT2D eigenvalue weighted by Gasteiger charge is -2.18. The summed E-state index contributed by atoms with van der Waals surface area (Å²) in [4.78, 5) is 29.8. The summed E-state index contributed by atoms with van der Waals surface area (Å²) in [6, 6.07) is 29.2. The second kappa shape index (κ2) is 14.6. The number of thiol groups is 1. The fourth-order valence-electron chi connectivity index (χ4n) is 5.57. The Morgan fingerprint density at radius 2 is 1.70 bits per heavy atom. The zero-order chi connectivity index (χ0) is 31.1. The predicted octanol–water partition coefficient (Wildman–Crippen LogP) is 7.85. The molecule has 5 rings (SSSR count). The number of carboxylic acid groups (broad SMARTS) is 1. The van der Waals surface area contributed by atoms with Crippen molar-refractivity contribution in [1.29, 1.82) is 0 Å². The first-order chi connectivity index (χ1) is 21.4. The van der Waals surface area contributed by atoms with Crippen molar-refractivity contribution in [1.82, 2.24) is 14.9 Å². The van der Waals surface area contributed by atoms with Crippen LogP contribution in [0.4, 0.5) is 0 Å². The van der Waals surface area contributed by atoms with Crippen molar-refractivity contribution in [3.63, 3.8) is 0 Å². The Hall–Kier alpha value is -4.07. The molecule has 0 radical (unpaired) electrons. The molecule has 0 aliphatic carbocycles. The maximum absolute atomic E-state index is 13.4. The molecule has 0 aliphatic heterocycles. The largest absolute Gasteiger partial charge is 0.478 e. The number of carboxylic acids is 1. The van der Waals surface area contributed by atoms with Gasteiger partial charge in [-0.25, -0.2) is 9.78 Å². The quantitative estimate of drug-likeness (QED) is 0.116. The zero-order valence-corrected chi connectivity index (χ0v) is 26.3. The van der Waals surface area contributed by atoms with Crippen LogP contribution in [0.3, 0.4) is 0 Å². The van der Waals surface area contributed by atoms with Crippen molar-refractivity contribution in [3.8, 4) is 11.1 Å². The second-order valence-corrected chi connectivity index (χ2v) is 11.7. The van der Waals surface area contributed by atoms with E-state index in [1.807, 2.05) is 54.6 Å². The number of amides is 1. The monoisotopic (exact) mass is 625 g/mol. The summed E-state index contributed by atoms with van der Waals surface area (Å²) in [6.45, 7) is 2.91. The van der Waals surface area contributed by atoms with Gasteiger partial charge in [-0.1, -0.05) is 110 Å². The minimum Gasteiger partial charge on any atom is -0.478 e. The molecule has 0 fully saturated rings. The Bertz CT molecular complexity index is 1760. The second-order valence-electron chi connectivity index (χ2n) is 10.9. The number of benzene rings is 4. The van der Waals surface area contributed by atoms with Crippen LogP contribution in [0.2, 0.25) is 5.15 Å². The molecule has 8 heteroatoms. The molecular weight excluding hydrogens is 590 g/mol. The molecule has 1 unspecified atom stereocenters. The zero-order valence-electron chi connectivity index (χ0n) is 24.7. The first kappa shape index (κ1) is 31.4. The molecule has 0 spiro atoms. The Morgan fingerprint density at radius 3 is 2.45 bits per heavy atom. The van der Waals surface area contributed by atoms with Crippen molar-refractivity contribution >= 4 is 46.9 Å². The molecule has 0 bridgehead atoms.